The van der Waals surface area contributed by atoms with E-state index in [0.29, 0.717) is 29.3 Å². The molecule has 0 bridgehead atoms. The third-order valence-electron chi connectivity index (χ3n) is 4.34. The Balaban J connectivity index is 1.63. The van der Waals surface area contributed by atoms with Crippen LogP contribution in [-0.4, -0.2) is 31.6 Å². The SMILES string of the molecule is Cc1ccc(N2CCCS2(=O)=O)cc1NC(=O)c1nc2ccccc2s1. The summed E-state index contributed by atoms with van der Waals surface area (Å²) in [7, 11) is -3.26. The van der Waals surface area contributed by atoms with Gasteiger partial charge in [0.2, 0.25) is 10.0 Å². The zero-order valence-electron chi connectivity index (χ0n) is 14.1. The number of amides is 1. The van der Waals surface area contributed by atoms with Crippen LogP contribution in [0.4, 0.5) is 11.4 Å². The Labute approximate surface area is 155 Å². The van der Waals surface area contributed by atoms with Crippen molar-refractivity contribution >= 4 is 48.9 Å². The number of sulfonamides is 1. The Hall–Kier alpha value is -2.45. The number of aryl methyl sites for hydroxylation is 1. The number of nitrogens with one attached hydrogen (secondary N) is 1. The van der Waals surface area contributed by atoms with Crippen molar-refractivity contribution in [3.63, 3.8) is 0 Å². The van der Waals surface area contributed by atoms with E-state index in [1.165, 1.54) is 15.6 Å². The summed E-state index contributed by atoms with van der Waals surface area (Å²) in [5.41, 5.74) is 2.82. The third-order valence-corrected chi connectivity index (χ3v) is 7.25. The molecule has 0 unspecified atom stereocenters. The first kappa shape index (κ1) is 17.0. The van der Waals surface area contributed by atoms with Crippen molar-refractivity contribution in [2.75, 3.05) is 21.9 Å². The summed E-state index contributed by atoms with van der Waals surface area (Å²) in [5, 5.41) is 3.25. The fraction of sp³-hybridized carbons (Fsp3) is 0.222. The van der Waals surface area contributed by atoms with Crippen LogP contribution in [0.25, 0.3) is 10.2 Å². The van der Waals surface area contributed by atoms with E-state index in [9.17, 15) is 13.2 Å². The number of benzene rings is 2. The molecule has 6 nitrogen and oxygen atoms in total. The molecule has 1 saturated heterocycles. The summed E-state index contributed by atoms with van der Waals surface area (Å²) in [6, 6.07) is 12.9. The van der Waals surface area contributed by atoms with Gasteiger partial charge in [0.25, 0.3) is 5.91 Å². The molecule has 1 amide bonds. The van der Waals surface area contributed by atoms with Crippen molar-refractivity contribution < 1.29 is 13.2 Å². The number of hydrogen-bond acceptors (Lipinski definition) is 5. The summed E-state index contributed by atoms with van der Waals surface area (Å²) in [6.45, 7) is 2.34. The van der Waals surface area contributed by atoms with Crippen LogP contribution >= 0.6 is 11.3 Å². The van der Waals surface area contributed by atoms with Crippen LogP contribution in [0.5, 0.6) is 0 Å². The lowest BCUT2D eigenvalue weighted by atomic mass is 10.1. The van der Waals surface area contributed by atoms with Gasteiger partial charge < -0.3 is 5.32 Å². The minimum Gasteiger partial charge on any atom is -0.320 e. The summed E-state index contributed by atoms with van der Waals surface area (Å²) in [6.07, 6.45) is 0.615. The van der Waals surface area contributed by atoms with Gasteiger partial charge in [-0.3, -0.25) is 9.10 Å². The fourth-order valence-corrected chi connectivity index (χ4v) is 5.39. The second kappa shape index (κ2) is 6.37. The molecule has 0 saturated carbocycles. The van der Waals surface area contributed by atoms with Crippen molar-refractivity contribution in [1.29, 1.82) is 0 Å². The van der Waals surface area contributed by atoms with E-state index >= 15 is 0 Å². The smallest absolute Gasteiger partial charge is 0.284 e. The molecule has 1 fully saturated rings. The van der Waals surface area contributed by atoms with Crippen LogP contribution in [0.1, 0.15) is 21.8 Å². The Kier molecular flexibility index (Phi) is 4.16. The van der Waals surface area contributed by atoms with Gasteiger partial charge in [-0.25, -0.2) is 13.4 Å². The lowest BCUT2D eigenvalue weighted by molar-refractivity contribution is 0.102. The van der Waals surface area contributed by atoms with Crippen LogP contribution in [0.2, 0.25) is 0 Å². The predicted octanol–water partition coefficient (Wildman–Crippen LogP) is 3.40. The van der Waals surface area contributed by atoms with E-state index in [-0.39, 0.29) is 11.7 Å². The minimum absolute atomic E-state index is 0.161. The molecule has 2 heterocycles. The highest BCUT2D eigenvalue weighted by Crippen LogP contribution is 2.29. The minimum atomic E-state index is -3.26. The quantitative estimate of drug-likeness (QED) is 0.747. The van der Waals surface area contributed by atoms with E-state index < -0.39 is 10.0 Å². The van der Waals surface area contributed by atoms with Gasteiger partial charge >= 0.3 is 0 Å². The highest BCUT2D eigenvalue weighted by atomic mass is 32.2. The van der Waals surface area contributed by atoms with Crippen molar-refractivity contribution in [1.82, 2.24) is 4.98 Å². The predicted molar refractivity (Wildman–Crippen MR) is 105 cm³/mol. The number of nitrogens with zero attached hydrogens (tertiary/aromatic N) is 2. The van der Waals surface area contributed by atoms with Crippen molar-refractivity contribution in [3.8, 4) is 0 Å². The molecular formula is C18H17N3O3S2. The Morgan fingerprint density at radius 3 is 2.77 bits per heavy atom. The third kappa shape index (κ3) is 3.06. The van der Waals surface area contributed by atoms with Crippen LogP contribution in [0.3, 0.4) is 0 Å². The summed E-state index contributed by atoms with van der Waals surface area (Å²) in [5.74, 6) is -0.135. The maximum atomic E-state index is 12.6. The molecule has 26 heavy (non-hydrogen) atoms. The van der Waals surface area contributed by atoms with Crippen LogP contribution in [-0.2, 0) is 10.0 Å². The van der Waals surface area contributed by atoms with Gasteiger partial charge in [0, 0.05) is 12.2 Å². The molecule has 1 N–H and O–H groups in total. The van der Waals surface area contributed by atoms with Crippen LogP contribution in [0, 0.1) is 6.92 Å². The number of carbonyl (C=O) groups is 1. The number of aromatic nitrogens is 1. The lowest BCUT2D eigenvalue weighted by Gasteiger charge is -2.18. The number of anilines is 2. The summed E-state index contributed by atoms with van der Waals surface area (Å²) >= 11 is 1.33. The first-order chi connectivity index (χ1) is 12.4. The van der Waals surface area contributed by atoms with Crippen molar-refractivity contribution in [3.05, 3.63) is 53.0 Å². The zero-order valence-corrected chi connectivity index (χ0v) is 15.7. The largest absolute Gasteiger partial charge is 0.320 e. The molecule has 0 spiro atoms. The maximum Gasteiger partial charge on any atom is 0.284 e. The topological polar surface area (TPSA) is 79.4 Å². The number of para-hydroxylation sites is 1. The zero-order chi connectivity index (χ0) is 18.3. The first-order valence-electron chi connectivity index (χ1n) is 8.22. The Morgan fingerprint density at radius 2 is 2.04 bits per heavy atom. The molecule has 4 rings (SSSR count). The van der Waals surface area contributed by atoms with Gasteiger partial charge in [0.15, 0.2) is 5.01 Å². The number of hydrogen-bond donors (Lipinski definition) is 1. The fourth-order valence-electron chi connectivity index (χ4n) is 2.97. The molecular weight excluding hydrogens is 370 g/mol. The standard InChI is InChI=1S/C18H17N3O3S2/c1-12-7-8-13(21-9-4-10-26(21,23)24)11-15(12)19-17(22)18-20-14-5-2-3-6-16(14)25-18/h2-3,5-8,11H,4,9-10H2,1H3,(H,19,22). The molecule has 134 valence electrons. The van der Waals surface area contributed by atoms with Gasteiger partial charge in [0.05, 0.1) is 21.7 Å². The molecule has 0 aliphatic carbocycles. The molecule has 1 aliphatic heterocycles. The molecule has 3 aromatic rings. The molecule has 1 aliphatic rings. The maximum absolute atomic E-state index is 12.6. The van der Waals surface area contributed by atoms with E-state index in [0.717, 1.165) is 15.8 Å². The van der Waals surface area contributed by atoms with Gasteiger partial charge in [-0.1, -0.05) is 18.2 Å². The van der Waals surface area contributed by atoms with Crippen LogP contribution in [0.15, 0.2) is 42.5 Å². The molecule has 0 radical (unpaired) electrons. The van der Waals surface area contributed by atoms with Crippen molar-refractivity contribution in [2.45, 2.75) is 13.3 Å². The monoisotopic (exact) mass is 387 g/mol. The van der Waals surface area contributed by atoms with Gasteiger partial charge in [-0.15, -0.1) is 11.3 Å². The van der Waals surface area contributed by atoms with Gasteiger partial charge in [0.1, 0.15) is 0 Å². The number of fused-ring (bicyclic) bond motifs is 1. The van der Waals surface area contributed by atoms with E-state index in [1.807, 2.05) is 37.3 Å². The molecule has 8 heteroatoms. The molecule has 2 aromatic carbocycles. The Bertz CT molecular complexity index is 1070. The van der Waals surface area contributed by atoms with Crippen LogP contribution < -0.4 is 9.62 Å². The van der Waals surface area contributed by atoms with E-state index in [1.54, 1.807) is 12.1 Å². The van der Waals surface area contributed by atoms with Crippen molar-refractivity contribution in [2.24, 2.45) is 0 Å². The number of rotatable bonds is 3. The number of thiazole rings is 1. The average Bonchev–Trinajstić information content (AvgIpc) is 3.19. The molecule has 1 aromatic heterocycles. The highest BCUT2D eigenvalue weighted by molar-refractivity contribution is 7.93. The average molecular weight is 387 g/mol. The summed E-state index contributed by atoms with van der Waals surface area (Å²) in [4.78, 5) is 17.0. The molecule has 0 atom stereocenters. The normalized spacial score (nSPS) is 16.1. The van der Waals surface area contributed by atoms with Gasteiger partial charge in [-0.2, -0.15) is 0 Å². The summed E-state index contributed by atoms with van der Waals surface area (Å²) < 4.78 is 26.6. The Morgan fingerprint density at radius 1 is 1.23 bits per heavy atom. The van der Waals surface area contributed by atoms with E-state index in [4.69, 9.17) is 0 Å². The lowest BCUT2D eigenvalue weighted by Crippen LogP contribution is -2.25. The first-order valence-corrected chi connectivity index (χ1v) is 10.6. The second-order valence-electron chi connectivity index (χ2n) is 6.18. The van der Waals surface area contributed by atoms with E-state index in [2.05, 4.69) is 10.3 Å². The van der Waals surface area contributed by atoms with Gasteiger partial charge in [-0.05, 0) is 43.2 Å². The highest BCUT2D eigenvalue weighted by Gasteiger charge is 2.28. The number of carbonyl (C=O) groups excluding carboxylic acids is 1. The second-order valence-corrected chi connectivity index (χ2v) is 9.23.